The lowest BCUT2D eigenvalue weighted by atomic mass is 10.2. The van der Waals surface area contributed by atoms with Crippen molar-refractivity contribution in [2.75, 3.05) is 26.0 Å². The summed E-state index contributed by atoms with van der Waals surface area (Å²) >= 11 is 0. The van der Waals surface area contributed by atoms with Crippen molar-refractivity contribution in [3.63, 3.8) is 0 Å². The van der Waals surface area contributed by atoms with Gasteiger partial charge < -0.3 is 15.0 Å². The van der Waals surface area contributed by atoms with Gasteiger partial charge in [-0.1, -0.05) is 12.1 Å². The molecule has 1 atom stereocenters. The Morgan fingerprint density at radius 3 is 2.61 bits per heavy atom. The summed E-state index contributed by atoms with van der Waals surface area (Å²) < 4.78 is 5.02. The Kier molecular flexibility index (Phi) is 6.98. The smallest absolute Gasteiger partial charge is 0.306 e. The second-order valence-electron chi connectivity index (χ2n) is 5.17. The standard InChI is InChI=1S/C15H21N3O5/c1-11(15(20)17(2)3)23-14(19)9-6-10-16-12-7-4-5-8-13(12)18(21)22/h4-5,7-8,11,16H,6,9-10H2,1-3H3/t11-/m0/s1. The third-order valence-corrected chi connectivity index (χ3v) is 3.07. The molecule has 0 fully saturated rings. The molecule has 1 N–H and O–H groups in total. The number of nitro benzene ring substituents is 1. The third kappa shape index (κ3) is 5.93. The quantitative estimate of drug-likeness (QED) is 0.339. The van der Waals surface area contributed by atoms with Crippen LogP contribution in [-0.2, 0) is 14.3 Å². The number of carbonyl (C=O) groups excluding carboxylic acids is 2. The molecule has 0 saturated heterocycles. The number of amides is 1. The minimum atomic E-state index is -0.819. The van der Waals surface area contributed by atoms with Crippen LogP contribution < -0.4 is 5.32 Å². The highest BCUT2D eigenvalue weighted by Crippen LogP contribution is 2.22. The molecule has 1 aromatic carbocycles. The number of benzene rings is 1. The van der Waals surface area contributed by atoms with E-state index in [1.807, 2.05) is 0 Å². The highest BCUT2D eigenvalue weighted by molar-refractivity contribution is 5.83. The molecule has 8 nitrogen and oxygen atoms in total. The van der Waals surface area contributed by atoms with Crippen molar-refractivity contribution in [2.24, 2.45) is 0 Å². The van der Waals surface area contributed by atoms with E-state index in [-0.39, 0.29) is 18.0 Å². The maximum absolute atomic E-state index is 11.6. The summed E-state index contributed by atoms with van der Waals surface area (Å²) in [6, 6.07) is 6.29. The van der Waals surface area contributed by atoms with Gasteiger partial charge in [0.15, 0.2) is 6.10 Å². The van der Waals surface area contributed by atoms with Gasteiger partial charge in [-0.15, -0.1) is 0 Å². The van der Waals surface area contributed by atoms with Crippen molar-refractivity contribution in [1.82, 2.24) is 4.90 Å². The summed E-state index contributed by atoms with van der Waals surface area (Å²) in [5.74, 6) is -0.756. The third-order valence-electron chi connectivity index (χ3n) is 3.07. The molecule has 0 saturated carbocycles. The van der Waals surface area contributed by atoms with Crippen molar-refractivity contribution in [3.05, 3.63) is 34.4 Å². The van der Waals surface area contributed by atoms with Crippen LogP contribution in [-0.4, -0.2) is 48.4 Å². The first-order valence-electron chi connectivity index (χ1n) is 7.21. The molecular formula is C15H21N3O5. The van der Waals surface area contributed by atoms with E-state index in [1.165, 1.54) is 17.9 Å². The average molecular weight is 323 g/mol. The van der Waals surface area contributed by atoms with E-state index in [1.54, 1.807) is 32.3 Å². The van der Waals surface area contributed by atoms with Gasteiger partial charge in [0.2, 0.25) is 0 Å². The van der Waals surface area contributed by atoms with Gasteiger partial charge in [-0.2, -0.15) is 0 Å². The van der Waals surface area contributed by atoms with E-state index >= 15 is 0 Å². The Hall–Kier alpha value is -2.64. The van der Waals surface area contributed by atoms with Crippen LogP contribution in [0.3, 0.4) is 0 Å². The highest BCUT2D eigenvalue weighted by Gasteiger charge is 2.19. The van der Waals surface area contributed by atoms with Gasteiger partial charge in [0, 0.05) is 33.1 Å². The molecule has 126 valence electrons. The van der Waals surface area contributed by atoms with Crippen molar-refractivity contribution < 1.29 is 19.2 Å². The van der Waals surface area contributed by atoms with Gasteiger partial charge in [0.25, 0.3) is 11.6 Å². The fourth-order valence-corrected chi connectivity index (χ4v) is 1.91. The number of nitro groups is 1. The molecule has 1 rings (SSSR count). The molecule has 0 aliphatic heterocycles. The van der Waals surface area contributed by atoms with Crippen LogP contribution in [0.2, 0.25) is 0 Å². The monoisotopic (exact) mass is 323 g/mol. The Labute approximate surface area is 134 Å². The van der Waals surface area contributed by atoms with Gasteiger partial charge >= 0.3 is 5.97 Å². The SMILES string of the molecule is C[C@H](OC(=O)CCCNc1ccccc1[N+](=O)[O-])C(=O)N(C)C. The number of likely N-dealkylation sites (N-methyl/N-ethyl adjacent to an activating group) is 1. The van der Waals surface area contributed by atoms with Crippen LogP contribution in [0.15, 0.2) is 24.3 Å². The predicted molar refractivity (Wildman–Crippen MR) is 85.1 cm³/mol. The van der Waals surface area contributed by atoms with E-state index in [0.29, 0.717) is 18.7 Å². The van der Waals surface area contributed by atoms with Gasteiger partial charge in [0.05, 0.1) is 4.92 Å². The highest BCUT2D eigenvalue weighted by atomic mass is 16.6. The number of para-hydroxylation sites is 2. The zero-order valence-electron chi connectivity index (χ0n) is 13.4. The summed E-state index contributed by atoms with van der Waals surface area (Å²) in [6.07, 6.45) is -0.257. The molecule has 0 heterocycles. The molecule has 0 aliphatic carbocycles. The number of nitrogens with one attached hydrogen (secondary N) is 1. The molecule has 0 aliphatic rings. The fourth-order valence-electron chi connectivity index (χ4n) is 1.91. The first-order valence-corrected chi connectivity index (χ1v) is 7.21. The van der Waals surface area contributed by atoms with Crippen LogP contribution in [0, 0.1) is 10.1 Å². The molecule has 0 spiro atoms. The van der Waals surface area contributed by atoms with Crippen molar-refractivity contribution in [2.45, 2.75) is 25.9 Å². The number of hydrogen-bond donors (Lipinski definition) is 1. The van der Waals surface area contributed by atoms with Crippen LogP contribution >= 0.6 is 0 Å². The van der Waals surface area contributed by atoms with E-state index < -0.39 is 17.0 Å². The van der Waals surface area contributed by atoms with Gasteiger partial charge in [-0.05, 0) is 19.4 Å². The Bertz CT molecular complexity index is 574. The Morgan fingerprint density at radius 2 is 2.00 bits per heavy atom. The molecular weight excluding hydrogens is 302 g/mol. The summed E-state index contributed by atoms with van der Waals surface area (Å²) in [5, 5.41) is 13.8. The second-order valence-corrected chi connectivity index (χ2v) is 5.17. The number of rotatable bonds is 8. The Morgan fingerprint density at radius 1 is 1.35 bits per heavy atom. The molecule has 1 aromatic rings. The molecule has 0 bridgehead atoms. The maximum Gasteiger partial charge on any atom is 0.306 e. The predicted octanol–water partition coefficient (Wildman–Crippen LogP) is 1.81. The summed E-state index contributed by atoms with van der Waals surface area (Å²) in [5.41, 5.74) is 0.391. The minimum Gasteiger partial charge on any atom is -0.453 e. The normalized spacial score (nSPS) is 11.4. The van der Waals surface area contributed by atoms with E-state index in [0.717, 1.165) is 0 Å². The second kappa shape index (κ2) is 8.72. The largest absolute Gasteiger partial charge is 0.453 e. The topological polar surface area (TPSA) is 102 Å². The number of carbonyl (C=O) groups is 2. The van der Waals surface area contributed by atoms with Gasteiger partial charge in [-0.3, -0.25) is 19.7 Å². The van der Waals surface area contributed by atoms with E-state index in [2.05, 4.69) is 5.32 Å². The van der Waals surface area contributed by atoms with Crippen LogP contribution in [0.4, 0.5) is 11.4 Å². The number of hydrogen-bond acceptors (Lipinski definition) is 6. The Balaban J connectivity index is 2.37. The number of esters is 1. The summed E-state index contributed by atoms with van der Waals surface area (Å²) in [7, 11) is 3.17. The summed E-state index contributed by atoms with van der Waals surface area (Å²) in [6.45, 7) is 1.90. The molecule has 23 heavy (non-hydrogen) atoms. The average Bonchev–Trinajstić information content (AvgIpc) is 2.50. The maximum atomic E-state index is 11.6. The van der Waals surface area contributed by atoms with E-state index in [9.17, 15) is 19.7 Å². The molecule has 0 aromatic heterocycles. The zero-order chi connectivity index (χ0) is 17.4. The van der Waals surface area contributed by atoms with Gasteiger partial charge in [-0.25, -0.2) is 0 Å². The van der Waals surface area contributed by atoms with Crippen LogP contribution in [0.1, 0.15) is 19.8 Å². The fraction of sp³-hybridized carbons (Fsp3) is 0.467. The number of anilines is 1. The lowest BCUT2D eigenvalue weighted by Gasteiger charge is -2.17. The zero-order valence-corrected chi connectivity index (χ0v) is 13.4. The molecule has 0 unspecified atom stereocenters. The summed E-state index contributed by atoms with van der Waals surface area (Å²) in [4.78, 5) is 35.0. The van der Waals surface area contributed by atoms with Crippen LogP contribution in [0.5, 0.6) is 0 Å². The molecule has 0 radical (unpaired) electrons. The van der Waals surface area contributed by atoms with Crippen LogP contribution in [0.25, 0.3) is 0 Å². The molecule has 8 heteroatoms. The lowest BCUT2D eigenvalue weighted by molar-refractivity contribution is -0.384. The number of nitrogens with zero attached hydrogens (tertiary/aromatic N) is 2. The first-order chi connectivity index (χ1) is 10.8. The lowest BCUT2D eigenvalue weighted by Crippen LogP contribution is -2.34. The van der Waals surface area contributed by atoms with E-state index in [4.69, 9.17) is 4.74 Å². The number of ether oxygens (including phenoxy) is 1. The van der Waals surface area contributed by atoms with Crippen molar-refractivity contribution in [1.29, 1.82) is 0 Å². The van der Waals surface area contributed by atoms with Gasteiger partial charge in [0.1, 0.15) is 5.69 Å². The van der Waals surface area contributed by atoms with Crippen molar-refractivity contribution in [3.8, 4) is 0 Å². The minimum absolute atomic E-state index is 0.0136. The van der Waals surface area contributed by atoms with Crippen molar-refractivity contribution >= 4 is 23.3 Å². The first kappa shape index (κ1) is 18.4. The molecule has 1 amide bonds.